The highest BCUT2D eigenvalue weighted by Gasteiger charge is 2.11. The van der Waals surface area contributed by atoms with Gasteiger partial charge in [0.15, 0.2) is 4.96 Å². The third-order valence-electron chi connectivity index (χ3n) is 4.49. The van der Waals surface area contributed by atoms with Gasteiger partial charge in [0.2, 0.25) is 0 Å². The molecule has 5 aromatic rings. The fraction of sp³-hybridized carbons (Fsp3) is 0.0476. The molecule has 0 N–H and O–H groups in total. The Labute approximate surface area is 163 Å². The lowest BCUT2D eigenvalue weighted by Gasteiger charge is -2.00. The van der Waals surface area contributed by atoms with Crippen LogP contribution >= 0.6 is 22.9 Å². The first kappa shape index (κ1) is 16.3. The van der Waals surface area contributed by atoms with Gasteiger partial charge in [0.05, 0.1) is 11.0 Å². The van der Waals surface area contributed by atoms with Crippen LogP contribution in [0.3, 0.4) is 0 Å². The van der Waals surface area contributed by atoms with Crippen molar-refractivity contribution in [1.82, 2.24) is 9.38 Å². The zero-order valence-corrected chi connectivity index (χ0v) is 15.8. The quantitative estimate of drug-likeness (QED) is 0.438. The fourth-order valence-electron chi connectivity index (χ4n) is 3.12. The molecule has 0 amide bonds. The van der Waals surface area contributed by atoms with Crippen LogP contribution in [0, 0.1) is 6.92 Å². The molecule has 5 rings (SSSR count). The molecule has 0 fully saturated rings. The van der Waals surface area contributed by atoms with E-state index in [-0.39, 0.29) is 5.56 Å². The highest BCUT2D eigenvalue weighted by Crippen LogP contribution is 2.26. The van der Waals surface area contributed by atoms with Crippen LogP contribution in [0.25, 0.3) is 33.4 Å². The molecule has 0 aliphatic rings. The van der Waals surface area contributed by atoms with Crippen molar-refractivity contribution in [2.45, 2.75) is 6.92 Å². The summed E-state index contributed by atoms with van der Waals surface area (Å²) in [6.07, 6.45) is 1.77. The van der Waals surface area contributed by atoms with Crippen LogP contribution in [0.2, 0.25) is 5.02 Å². The Morgan fingerprint density at radius 1 is 1.15 bits per heavy atom. The third kappa shape index (κ3) is 2.67. The molecule has 0 spiro atoms. The van der Waals surface area contributed by atoms with Crippen molar-refractivity contribution in [3.8, 4) is 11.3 Å². The summed E-state index contributed by atoms with van der Waals surface area (Å²) in [5, 5.41) is 0.724. The molecule has 0 bridgehead atoms. The molecule has 3 heterocycles. The number of rotatable bonds is 2. The Hall–Kier alpha value is -2.89. The Balaban J connectivity index is 1.61. The van der Waals surface area contributed by atoms with Crippen LogP contribution in [0.4, 0.5) is 0 Å². The van der Waals surface area contributed by atoms with E-state index in [2.05, 4.69) is 4.98 Å². The Morgan fingerprint density at radius 3 is 2.85 bits per heavy atom. The highest BCUT2D eigenvalue weighted by atomic mass is 35.5. The van der Waals surface area contributed by atoms with E-state index in [1.54, 1.807) is 10.5 Å². The molecule has 2 aromatic carbocycles. The predicted molar refractivity (Wildman–Crippen MR) is 110 cm³/mol. The first-order chi connectivity index (χ1) is 13.1. The molecule has 0 atom stereocenters. The second kappa shape index (κ2) is 6.08. The van der Waals surface area contributed by atoms with Crippen molar-refractivity contribution < 1.29 is 4.42 Å². The van der Waals surface area contributed by atoms with Crippen molar-refractivity contribution in [3.05, 3.63) is 85.8 Å². The number of hydrogen-bond donors (Lipinski definition) is 0. The van der Waals surface area contributed by atoms with Crippen LogP contribution in [-0.2, 0) is 0 Å². The van der Waals surface area contributed by atoms with Crippen molar-refractivity contribution >= 4 is 45.0 Å². The molecule has 0 saturated carbocycles. The number of halogens is 1. The molecule has 0 saturated heterocycles. The molecule has 132 valence electrons. The topological polar surface area (TPSA) is 47.5 Å². The smallest absolute Gasteiger partial charge is 0.275 e. The van der Waals surface area contributed by atoms with Gasteiger partial charge in [0, 0.05) is 16.7 Å². The summed E-state index contributed by atoms with van der Waals surface area (Å²) in [5.74, 6) is 1.36. The zero-order chi connectivity index (χ0) is 18.5. The Kier molecular flexibility index (Phi) is 3.67. The van der Waals surface area contributed by atoms with Gasteiger partial charge in [-0.1, -0.05) is 35.1 Å². The molecular formula is C21H13ClN2O2S. The van der Waals surface area contributed by atoms with Crippen molar-refractivity contribution in [2.75, 3.05) is 0 Å². The standard InChI is InChI=1S/C21H13ClN2O2S/c1-12-10-13(6-8-15(12)22)18-9-7-14(26-18)11-19-20(25)24-17-5-3-2-4-16(17)23-21(24)27-19/h2-11H,1H3/b19-11-. The summed E-state index contributed by atoms with van der Waals surface area (Å²) in [4.78, 5) is 18.0. The van der Waals surface area contributed by atoms with Crippen molar-refractivity contribution in [3.63, 3.8) is 0 Å². The lowest BCUT2D eigenvalue weighted by Crippen LogP contribution is -2.22. The summed E-state index contributed by atoms with van der Waals surface area (Å²) in [6, 6.07) is 17.1. The molecule has 27 heavy (non-hydrogen) atoms. The average Bonchev–Trinajstić information content (AvgIpc) is 3.34. The number of aromatic nitrogens is 2. The summed E-state index contributed by atoms with van der Waals surface area (Å²) in [7, 11) is 0. The van der Waals surface area contributed by atoms with Gasteiger partial charge in [-0.3, -0.25) is 4.79 Å². The first-order valence-electron chi connectivity index (χ1n) is 8.38. The number of furan rings is 1. The van der Waals surface area contributed by atoms with E-state index < -0.39 is 0 Å². The molecule has 6 heteroatoms. The van der Waals surface area contributed by atoms with Gasteiger partial charge in [-0.25, -0.2) is 9.38 Å². The predicted octanol–water partition coefficient (Wildman–Crippen LogP) is 4.68. The van der Waals surface area contributed by atoms with Crippen LogP contribution < -0.4 is 10.1 Å². The van der Waals surface area contributed by atoms with Gasteiger partial charge < -0.3 is 4.42 Å². The molecule has 0 aliphatic heterocycles. The second-order valence-corrected chi connectivity index (χ2v) is 7.72. The number of benzene rings is 2. The van der Waals surface area contributed by atoms with E-state index in [1.165, 1.54) is 11.3 Å². The van der Waals surface area contributed by atoms with Crippen molar-refractivity contribution in [2.24, 2.45) is 0 Å². The van der Waals surface area contributed by atoms with E-state index >= 15 is 0 Å². The van der Waals surface area contributed by atoms with E-state index in [0.29, 0.717) is 15.3 Å². The number of imidazole rings is 1. The van der Waals surface area contributed by atoms with Gasteiger partial charge in [0.1, 0.15) is 16.1 Å². The van der Waals surface area contributed by atoms with E-state index in [0.717, 1.165) is 32.9 Å². The Morgan fingerprint density at radius 2 is 2.00 bits per heavy atom. The van der Waals surface area contributed by atoms with E-state index in [1.807, 2.05) is 61.5 Å². The van der Waals surface area contributed by atoms with Gasteiger partial charge in [-0.2, -0.15) is 0 Å². The number of nitrogens with zero attached hydrogens (tertiary/aromatic N) is 2. The molecule has 0 aliphatic carbocycles. The normalized spacial score (nSPS) is 12.4. The van der Waals surface area contributed by atoms with Gasteiger partial charge in [-0.05, 0) is 55.0 Å². The number of aryl methyl sites for hydroxylation is 1. The number of fused-ring (bicyclic) bond motifs is 3. The maximum atomic E-state index is 12.8. The monoisotopic (exact) mass is 392 g/mol. The lowest BCUT2D eigenvalue weighted by molar-refractivity contribution is 0.571. The van der Waals surface area contributed by atoms with Crippen LogP contribution in [-0.4, -0.2) is 9.38 Å². The molecule has 3 aromatic heterocycles. The summed E-state index contributed by atoms with van der Waals surface area (Å²) in [6.45, 7) is 1.96. The first-order valence-corrected chi connectivity index (χ1v) is 9.58. The maximum absolute atomic E-state index is 12.8. The molecule has 0 radical (unpaired) electrons. The second-order valence-electron chi connectivity index (χ2n) is 6.30. The van der Waals surface area contributed by atoms with E-state index in [4.69, 9.17) is 16.0 Å². The van der Waals surface area contributed by atoms with Crippen LogP contribution in [0.5, 0.6) is 0 Å². The maximum Gasteiger partial charge on any atom is 0.275 e. The third-order valence-corrected chi connectivity index (χ3v) is 5.88. The minimum absolute atomic E-state index is 0.0796. The summed E-state index contributed by atoms with van der Waals surface area (Å²) < 4.78 is 8.17. The van der Waals surface area contributed by atoms with Crippen molar-refractivity contribution in [1.29, 1.82) is 0 Å². The van der Waals surface area contributed by atoms with Gasteiger partial charge in [-0.15, -0.1) is 0 Å². The lowest BCUT2D eigenvalue weighted by atomic mass is 10.1. The zero-order valence-electron chi connectivity index (χ0n) is 14.3. The Bertz CT molecular complexity index is 1430. The number of thiazole rings is 1. The van der Waals surface area contributed by atoms with Gasteiger partial charge in [0.25, 0.3) is 5.56 Å². The van der Waals surface area contributed by atoms with Gasteiger partial charge >= 0.3 is 0 Å². The fourth-order valence-corrected chi connectivity index (χ4v) is 4.21. The molecular weight excluding hydrogens is 380 g/mol. The minimum Gasteiger partial charge on any atom is -0.457 e. The largest absolute Gasteiger partial charge is 0.457 e. The van der Waals surface area contributed by atoms with Crippen LogP contribution in [0.15, 0.2) is 63.8 Å². The minimum atomic E-state index is -0.0796. The SMILES string of the molecule is Cc1cc(-c2ccc(/C=c3\sc4nc5ccccc5n4c3=O)o2)ccc1Cl. The van der Waals surface area contributed by atoms with E-state index in [9.17, 15) is 4.79 Å². The number of hydrogen-bond acceptors (Lipinski definition) is 4. The summed E-state index contributed by atoms with van der Waals surface area (Å²) >= 11 is 7.45. The van der Waals surface area contributed by atoms with Crippen LogP contribution in [0.1, 0.15) is 11.3 Å². The highest BCUT2D eigenvalue weighted by molar-refractivity contribution is 7.15. The summed E-state index contributed by atoms with van der Waals surface area (Å²) in [5.41, 5.74) is 3.51. The number of para-hydroxylation sites is 2. The average molecular weight is 393 g/mol. The molecule has 0 unspecified atom stereocenters. The molecule has 4 nitrogen and oxygen atoms in total.